The summed E-state index contributed by atoms with van der Waals surface area (Å²) in [5.74, 6) is 0.337. The van der Waals surface area contributed by atoms with Gasteiger partial charge >= 0.3 is 0 Å². The molecule has 0 heterocycles. The Labute approximate surface area is 48.8 Å². The lowest BCUT2D eigenvalue weighted by Crippen LogP contribution is -2.31. The highest BCUT2D eigenvalue weighted by Crippen LogP contribution is 2.17. The maximum atomic E-state index is 10.3. The van der Waals surface area contributed by atoms with Gasteiger partial charge in [0.1, 0.15) is 5.78 Å². The van der Waals surface area contributed by atoms with Crippen molar-refractivity contribution >= 4 is 5.78 Å². The summed E-state index contributed by atoms with van der Waals surface area (Å²) >= 11 is 0. The minimum Gasteiger partial charge on any atom is -0.378 e. The van der Waals surface area contributed by atoms with Gasteiger partial charge in [0.2, 0.25) is 0 Å². The smallest absolute Gasteiger partial charge is 0.138 e. The van der Waals surface area contributed by atoms with Crippen LogP contribution in [0.4, 0.5) is 0 Å². The quantitative estimate of drug-likeness (QED) is 0.529. The van der Waals surface area contributed by atoms with Gasteiger partial charge in [-0.15, -0.1) is 0 Å². The highest BCUT2D eigenvalue weighted by atomic mass is 16.5. The normalized spacial score (nSPS) is 20.9. The van der Waals surface area contributed by atoms with E-state index in [2.05, 4.69) is 0 Å². The molecule has 0 aromatic carbocycles. The van der Waals surface area contributed by atoms with Gasteiger partial charge in [-0.25, -0.2) is 0 Å². The zero-order valence-electron chi connectivity index (χ0n) is 5.02. The first-order valence-corrected chi connectivity index (χ1v) is 2.96. The minimum absolute atomic E-state index is 0.257. The van der Waals surface area contributed by atoms with Crippen LogP contribution >= 0.6 is 0 Å². The monoisotopic (exact) mass is 114 g/mol. The van der Waals surface area contributed by atoms with Gasteiger partial charge < -0.3 is 4.74 Å². The van der Waals surface area contributed by atoms with Crippen LogP contribution in [0.15, 0.2) is 0 Å². The molecule has 8 heavy (non-hydrogen) atoms. The van der Waals surface area contributed by atoms with E-state index in [0.717, 1.165) is 6.61 Å². The molecule has 0 atom stereocenters. The lowest BCUT2D eigenvalue weighted by molar-refractivity contribution is -0.133. The summed E-state index contributed by atoms with van der Waals surface area (Å²) in [7, 11) is 0. The van der Waals surface area contributed by atoms with Crippen molar-refractivity contribution in [3.05, 3.63) is 0 Å². The molecule has 1 saturated carbocycles. The van der Waals surface area contributed by atoms with E-state index in [9.17, 15) is 4.79 Å². The fraction of sp³-hybridized carbons (Fsp3) is 0.833. The summed E-state index contributed by atoms with van der Waals surface area (Å²) in [5, 5.41) is 0. The van der Waals surface area contributed by atoms with E-state index < -0.39 is 0 Å². The second-order valence-corrected chi connectivity index (χ2v) is 2.02. The highest BCUT2D eigenvalue weighted by Gasteiger charge is 2.26. The fourth-order valence-corrected chi connectivity index (χ4v) is 0.802. The van der Waals surface area contributed by atoms with E-state index in [1.807, 2.05) is 6.92 Å². The number of ketones is 1. The van der Waals surface area contributed by atoms with E-state index >= 15 is 0 Å². The molecule has 1 rings (SSSR count). The summed E-state index contributed by atoms with van der Waals surface area (Å²) < 4.78 is 5.13. The largest absolute Gasteiger partial charge is 0.378 e. The number of carbonyl (C=O) groups excluding carboxylic acids is 1. The van der Waals surface area contributed by atoms with Crippen LogP contribution in [0.1, 0.15) is 19.8 Å². The number of ether oxygens (including phenoxy) is 1. The van der Waals surface area contributed by atoms with Gasteiger partial charge in [0, 0.05) is 19.4 Å². The van der Waals surface area contributed by atoms with Crippen molar-refractivity contribution in [2.45, 2.75) is 25.9 Å². The Kier molecular flexibility index (Phi) is 1.63. The first-order chi connectivity index (χ1) is 3.83. The molecule has 0 N–H and O–H groups in total. The van der Waals surface area contributed by atoms with Crippen molar-refractivity contribution in [3.63, 3.8) is 0 Å². The van der Waals surface area contributed by atoms with Crippen molar-refractivity contribution in [2.75, 3.05) is 6.61 Å². The second kappa shape index (κ2) is 2.27. The summed E-state index contributed by atoms with van der Waals surface area (Å²) in [6.07, 6.45) is 1.55. The van der Waals surface area contributed by atoms with Crippen LogP contribution in [-0.4, -0.2) is 18.5 Å². The van der Waals surface area contributed by atoms with E-state index in [-0.39, 0.29) is 6.10 Å². The molecule has 2 nitrogen and oxygen atoms in total. The molecule has 1 aliphatic rings. The molecular weight excluding hydrogens is 104 g/mol. The van der Waals surface area contributed by atoms with Gasteiger partial charge in [-0.2, -0.15) is 0 Å². The Morgan fingerprint density at radius 2 is 2.38 bits per heavy atom. The number of Topliss-reactive ketones (excluding diaryl/α,β-unsaturated/α-hetero) is 1. The zero-order chi connectivity index (χ0) is 5.98. The summed E-state index contributed by atoms with van der Waals surface area (Å²) in [4.78, 5) is 10.3. The predicted molar refractivity (Wildman–Crippen MR) is 29.7 cm³/mol. The summed E-state index contributed by atoms with van der Waals surface area (Å²) in [5.41, 5.74) is 0. The molecule has 0 amide bonds. The van der Waals surface area contributed by atoms with E-state index in [1.54, 1.807) is 0 Å². The lowest BCUT2D eigenvalue weighted by atomic mass is 9.94. The molecule has 0 aliphatic heterocycles. The summed E-state index contributed by atoms with van der Waals surface area (Å²) in [6, 6.07) is 0. The number of carbonyl (C=O) groups is 1. The topological polar surface area (TPSA) is 26.3 Å². The van der Waals surface area contributed by atoms with Crippen LogP contribution in [0.3, 0.4) is 0 Å². The molecule has 0 bridgehead atoms. The average molecular weight is 114 g/mol. The molecule has 1 fully saturated rings. The Morgan fingerprint density at radius 1 is 1.75 bits per heavy atom. The Balaban J connectivity index is 2.06. The standard InChI is InChI=1S/C6H10O2/c1-2-8-6-3-5(7)4-6/h6H,2-4H2,1H3. The number of hydrogen-bond donors (Lipinski definition) is 0. The van der Waals surface area contributed by atoms with E-state index in [0.29, 0.717) is 18.6 Å². The van der Waals surface area contributed by atoms with Crippen molar-refractivity contribution in [1.82, 2.24) is 0 Å². The third-order valence-corrected chi connectivity index (χ3v) is 1.31. The van der Waals surface area contributed by atoms with Gasteiger partial charge in [0.25, 0.3) is 0 Å². The lowest BCUT2D eigenvalue weighted by Gasteiger charge is -2.23. The Morgan fingerprint density at radius 3 is 2.75 bits per heavy atom. The first kappa shape index (κ1) is 5.76. The molecule has 2 heteroatoms. The van der Waals surface area contributed by atoms with Crippen LogP contribution in [0.2, 0.25) is 0 Å². The maximum absolute atomic E-state index is 10.3. The first-order valence-electron chi connectivity index (χ1n) is 2.96. The molecule has 0 spiro atoms. The van der Waals surface area contributed by atoms with Crippen LogP contribution in [0.5, 0.6) is 0 Å². The van der Waals surface area contributed by atoms with Crippen molar-refractivity contribution < 1.29 is 9.53 Å². The van der Waals surface area contributed by atoms with Gasteiger partial charge in [-0.3, -0.25) is 4.79 Å². The highest BCUT2D eigenvalue weighted by molar-refractivity contribution is 5.85. The predicted octanol–water partition coefficient (Wildman–Crippen LogP) is 0.754. The molecule has 0 aromatic rings. The van der Waals surface area contributed by atoms with Crippen LogP contribution < -0.4 is 0 Å². The average Bonchev–Trinajstić information content (AvgIpc) is 1.64. The molecule has 0 saturated heterocycles. The Hall–Kier alpha value is -0.370. The van der Waals surface area contributed by atoms with Crippen LogP contribution in [-0.2, 0) is 9.53 Å². The van der Waals surface area contributed by atoms with Crippen molar-refractivity contribution in [2.24, 2.45) is 0 Å². The van der Waals surface area contributed by atoms with Crippen molar-refractivity contribution in [3.8, 4) is 0 Å². The second-order valence-electron chi connectivity index (χ2n) is 2.02. The van der Waals surface area contributed by atoms with Crippen LogP contribution in [0, 0.1) is 0 Å². The number of rotatable bonds is 2. The third-order valence-electron chi connectivity index (χ3n) is 1.31. The zero-order valence-corrected chi connectivity index (χ0v) is 5.02. The van der Waals surface area contributed by atoms with Crippen LogP contribution in [0.25, 0.3) is 0 Å². The minimum atomic E-state index is 0.257. The molecule has 0 unspecified atom stereocenters. The van der Waals surface area contributed by atoms with Gasteiger partial charge in [0.05, 0.1) is 6.10 Å². The van der Waals surface area contributed by atoms with Crippen molar-refractivity contribution in [1.29, 1.82) is 0 Å². The van der Waals surface area contributed by atoms with E-state index in [4.69, 9.17) is 4.74 Å². The molecule has 0 aromatic heterocycles. The molecular formula is C6H10O2. The maximum Gasteiger partial charge on any atom is 0.138 e. The molecule has 0 radical (unpaired) electrons. The Bertz CT molecular complexity index is 90.7. The van der Waals surface area contributed by atoms with Gasteiger partial charge in [0.15, 0.2) is 0 Å². The van der Waals surface area contributed by atoms with Gasteiger partial charge in [-0.1, -0.05) is 0 Å². The SMILES string of the molecule is CCOC1CC(=O)C1. The molecule has 46 valence electrons. The third kappa shape index (κ3) is 1.07. The number of hydrogen-bond acceptors (Lipinski definition) is 2. The fourth-order valence-electron chi connectivity index (χ4n) is 0.802. The van der Waals surface area contributed by atoms with E-state index in [1.165, 1.54) is 0 Å². The molecule has 1 aliphatic carbocycles. The summed E-state index contributed by atoms with van der Waals surface area (Å²) in [6.45, 7) is 2.68. The van der Waals surface area contributed by atoms with Gasteiger partial charge in [-0.05, 0) is 6.92 Å².